The lowest BCUT2D eigenvalue weighted by Gasteiger charge is -1.85. The van der Waals surface area contributed by atoms with E-state index in [4.69, 9.17) is 22.4 Å². The molecule has 0 aliphatic heterocycles. The summed E-state index contributed by atoms with van der Waals surface area (Å²) in [4.78, 5) is 0. The first kappa shape index (κ1) is 7.79. The van der Waals surface area contributed by atoms with Crippen LogP contribution in [0.5, 0.6) is 0 Å². The van der Waals surface area contributed by atoms with Crippen LogP contribution in [0.2, 0.25) is 0 Å². The first-order valence-corrected chi connectivity index (χ1v) is 5.94. The molecule has 0 fully saturated rings. The third-order valence-electron chi connectivity index (χ3n) is 0.694. The van der Waals surface area contributed by atoms with E-state index in [2.05, 4.69) is 6.92 Å². The van der Waals surface area contributed by atoms with Gasteiger partial charge in [-0.1, -0.05) is 35.7 Å². The van der Waals surface area contributed by atoms with Gasteiger partial charge in [0, 0.05) is 0 Å². The predicted molar refractivity (Wildman–Crippen MR) is 43.3 cm³/mol. The monoisotopic (exact) mass is 154 g/mol. The maximum Gasteiger partial charge on any atom is -0.000553 e. The van der Waals surface area contributed by atoms with Crippen LogP contribution in [-0.4, -0.2) is 5.75 Å². The molecule has 0 aromatic carbocycles. The lowest BCUT2D eigenvalue weighted by atomic mass is 10.4. The van der Waals surface area contributed by atoms with Crippen LogP contribution in [0.25, 0.3) is 0 Å². The van der Waals surface area contributed by atoms with E-state index in [0.717, 1.165) is 5.75 Å². The third kappa shape index (κ3) is 6.79. The van der Waals surface area contributed by atoms with Gasteiger partial charge in [-0.25, -0.2) is 0 Å². The molecule has 0 saturated carbocycles. The normalized spacial score (nSPS) is 10.0. The van der Waals surface area contributed by atoms with Crippen LogP contribution in [0.1, 0.15) is 19.8 Å². The van der Waals surface area contributed by atoms with Gasteiger partial charge in [0.15, 0.2) is 0 Å². The quantitative estimate of drug-likeness (QED) is 0.604. The molecule has 0 heterocycles. The fourth-order valence-electron chi connectivity index (χ4n) is 0.287. The standard InChI is InChI=1S/C4H10S3/c1-2-3-4-7(5)6/h7H,2-4H2,1H3. The van der Waals surface area contributed by atoms with Crippen LogP contribution < -0.4 is 0 Å². The van der Waals surface area contributed by atoms with Crippen molar-refractivity contribution >= 4 is 30.4 Å². The zero-order valence-corrected chi connectivity index (χ0v) is 6.91. The molecule has 0 nitrogen and oxygen atoms in total. The van der Waals surface area contributed by atoms with Crippen molar-refractivity contribution in [2.75, 3.05) is 5.75 Å². The second-order valence-electron chi connectivity index (χ2n) is 1.41. The van der Waals surface area contributed by atoms with Gasteiger partial charge in [-0.15, -0.1) is 8.01 Å². The highest BCUT2D eigenvalue weighted by atomic mass is 33.1. The number of unbranched alkanes of at least 4 members (excludes halogenated alkanes) is 1. The molecule has 44 valence electrons. The van der Waals surface area contributed by atoms with E-state index in [0.29, 0.717) is 0 Å². The number of hydrogen-bond donors (Lipinski definition) is 1. The Balaban J connectivity index is 2.98. The van der Waals surface area contributed by atoms with Gasteiger partial charge in [0.05, 0.1) is 0 Å². The highest BCUT2D eigenvalue weighted by Crippen LogP contribution is 1.84. The lowest BCUT2D eigenvalue weighted by molar-refractivity contribution is 0.898. The molecule has 7 heavy (non-hydrogen) atoms. The van der Waals surface area contributed by atoms with E-state index in [1.807, 2.05) is 0 Å². The number of thiol groups is 1. The maximum absolute atomic E-state index is 4.82. The summed E-state index contributed by atoms with van der Waals surface area (Å²) >= 11 is 9.65. The number of rotatable bonds is 3. The van der Waals surface area contributed by atoms with Crippen molar-refractivity contribution in [2.45, 2.75) is 19.8 Å². The van der Waals surface area contributed by atoms with E-state index >= 15 is 0 Å². The SMILES string of the molecule is CCCC[SH](=S)=S. The van der Waals surface area contributed by atoms with Crippen LogP contribution in [0.3, 0.4) is 0 Å². The van der Waals surface area contributed by atoms with Gasteiger partial charge in [0.2, 0.25) is 0 Å². The fraction of sp³-hybridized carbons (Fsp3) is 1.00. The van der Waals surface area contributed by atoms with Gasteiger partial charge in [0.1, 0.15) is 0 Å². The van der Waals surface area contributed by atoms with Crippen LogP contribution in [0.4, 0.5) is 0 Å². The number of hydrogen-bond acceptors (Lipinski definition) is 2. The predicted octanol–water partition coefficient (Wildman–Crippen LogP) is 1.06. The van der Waals surface area contributed by atoms with Gasteiger partial charge in [-0.3, -0.25) is 0 Å². The van der Waals surface area contributed by atoms with Crippen LogP contribution in [-0.2, 0) is 30.4 Å². The molecule has 0 aliphatic carbocycles. The van der Waals surface area contributed by atoms with E-state index in [1.54, 1.807) is 0 Å². The summed E-state index contributed by atoms with van der Waals surface area (Å²) in [6.45, 7) is 2.16. The first-order chi connectivity index (χ1) is 3.27. The Bertz CT molecular complexity index is 85.1. The van der Waals surface area contributed by atoms with E-state index in [1.165, 1.54) is 12.8 Å². The van der Waals surface area contributed by atoms with Crippen molar-refractivity contribution in [1.29, 1.82) is 0 Å². The molecule has 0 aromatic rings. The minimum absolute atomic E-state index is 0.440. The second kappa shape index (κ2) is 4.94. The summed E-state index contributed by atoms with van der Waals surface area (Å²) in [5.74, 6) is 1.09. The average molecular weight is 154 g/mol. The Kier molecular flexibility index (Phi) is 5.49. The molecule has 0 unspecified atom stereocenters. The molecule has 0 amide bonds. The molecule has 0 spiro atoms. The smallest absolute Gasteiger partial charge is 0.000553 e. The minimum Gasteiger partial charge on any atom is -0.101 e. The highest BCUT2D eigenvalue weighted by Gasteiger charge is 1.76. The summed E-state index contributed by atoms with van der Waals surface area (Å²) in [7, 11) is -0.440. The van der Waals surface area contributed by atoms with Crippen LogP contribution >= 0.6 is 0 Å². The molecule has 0 atom stereocenters. The molecule has 0 N–H and O–H groups in total. The van der Waals surface area contributed by atoms with Crippen molar-refractivity contribution in [3.05, 3.63) is 0 Å². The van der Waals surface area contributed by atoms with Crippen LogP contribution in [0.15, 0.2) is 0 Å². The molecule has 0 rings (SSSR count). The second-order valence-corrected chi connectivity index (χ2v) is 5.86. The average Bonchev–Trinajstić information content (AvgIpc) is 1.61. The Morgan fingerprint density at radius 1 is 1.43 bits per heavy atom. The van der Waals surface area contributed by atoms with Gasteiger partial charge >= 0.3 is 0 Å². The largest absolute Gasteiger partial charge is 0.101 e. The molecule has 3 heteroatoms. The van der Waals surface area contributed by atoms with E-state index in [-0.39, 0.29) is 0 Å². The summed E-state index contributed by atoms with van der Waals surface area (Å²) in [6, 6.07) is 0. The van der Waals surface area contributed by atoms with Gasteiger partial charge in [0.25, 0.3) is 0 Å². The molecule has 0 radical (unpaired) electrons. The Morgan fingerprint density at radius 3 is 2.14 bits per heavy atom. The highest BCUT2D eigenvalue weighted by molar-refractivity contribution is 8.46. The fourth-order valence-corrected chi connectivity index (χ4v) is 1.64. The third-order valence-corrected chi connectivity index (χ3v) is 2.47. The zero-order chi connectivity index (χ0) is 5.70. The first-order valence-electron chi connectivity index (χ1n) is 2.39. The van der Waals surface area contributed by atoms with Gasteiger partial charge in [-0.05, 0) is 12.2 Å². The van der Waals surface area contributed by atoms with Crippen LogP contribution in [0, 0.1) is 0 Å². The van der Waals surface area contributed by atoms with E-state index < -0.39 is 8.01 Å². The summed E-state index contributed by atoms with van der Waals surface area (Å²) in [6.07, 6.45) is 2.45. The molecule has 0 aromatic heterocycles. The van der Waals surface area contributed by atoms with Crippen molar-refractivity contribution in [3.8, 4) is 0 Å². The zero-order valence-electron chi connectivity index (χ0n) is 4.39. The van der Waals surface area contributed by atoms with Gasteiger partial charge in [-0.2, -0.15) is 0 Å². The minimum atomic E-state index is -0.440. The molecule has 0 saturated heterocycles. The summed E-state index contributed by atoms with van der Waals surface area (Å²) in [5, 5.41) is 0. The molecule has 0 aliphatic rings. The van der Waals surface area contributed by atoms with E-state index in [9.17, 15) is 0 Å². The summed E-state index contributed by atoms with van der Waals surface area (Å²) in [5.41, 5.74) is 0. The molecular weight excluding hydrogens is 144 g/mol. The van der Waals surface area contributed by atoms with Crippen molar-refractivity contribution in [1.82, 2.24) is 0 Å². The summed E-state index contributed by atoms with van der Waals surface area (Å²) < 4.78 is 0. The topological polar surface area (TPSA) is 0 Å². The Morgan fingerprint density at radius 2 is 2.00 bits per heavy atom. The lowest BCUT2D eigenvalue weighted by Crippen LogP contribution is -1.80. The molecule has 0 bridgehead atoms. The van der Waals surface area contributed by atoms with Crippen molar-refractivity contribution in [3.63, 3.8) is 0 Å². The molecular formula is C4H10S3. The van der Waals surface area contributed by atoms with Crippen molar-refractivity contribution in [2.24, 2.45) is 0 Å². The maximum atomic E-state index is 4.82. The van der Waals surface area contributed by atoms with Crippen molar-refractivity contribution < 1.29 is 0 Å². The van der Waals surface area contributed by atoms with Gasteiger partial charge < -0.3 is 0 Å². The Hall–Kier alpha value is 0.790. The Labute approximate surface area is 56.1 Å².